The van der Waals surface area contributed by atoms with E-state index in [0.29, 0.717) is 4.88 Å². The Hall–Kier alpha value is -0.750. The Morgan fingerprint density at radius 2 is 2.33 bits per heavy atom. The minimum atomic E-state index is -0.632. The fourth-order valence-corrected chi connectivity index (χ4v) is 1.98. The van der Waals surface area contributed by atoms with Crippen LogP contribution in [-0.2, 0) is 0 Å². The van der Waals surface area contributed by atoms with Gasteiger partial charge in [-0.15, -0.1) is 11.3 Å². The maximum absolute atomic E-state index is 11.0. The van der Waals surface area contributed by atoms with Crippen LogP contribution in [0.3, 0.4) is 0 Å². The van der Waals surface area contributed by atoms with Gasteiger partial charge in [0.1, 0.15) is 0 Å². The molecule has 0 spiro atoms. The number of nitro groups is 1. The molecule has 0 aliphatic heterocycles. The number of carbonyl (C=O) groups excluding carboxylic acids is 1. The standard InChI is InChI=1S/C6H4BrNO3S/c7-6-2-1-5(12-6)4(9)3-8(10)11/h1-2H,3H2. The van der Waals surface area contributed by atoms with Crippen LogP contribution in [0.15, 0.2) is 15.9 Å². The largest absolute Gasteiger partial charge is 0.286 e. The molecule has 0 saturated heterocycles. The number of rotatable bonds is 3. The third-order valence-electron chi connectivity index (χ3n) is 1.12. The van der Waals surface area contributed by atoms with Crippen molar-refractivity contribution in [1.29, 1.82) is 0 Å². The molecular formula is C6H4BrNO3S. The van der Waals surface area contributed by atoms with Gasteiger partial charge >= 0.3 is 0 Å². The average Bonchev–Trinajstić information content (AvgIpc) is 2.34. The smallest absolute Gasteiger partial charge is 0.266 e. The van der Waals surface area contributed by atoms with Crippen molar-refractivity contribution in [3.63, 3.8) is 0 Å². The van der Waals surface area contributed by atoms with Gasteiger partial charge in [0.25, 0.3) is 6.54 Å². The molecule has 1 heterocycles. The molecule has 6 heteroatoms. The molecule has 0 aliphatic rings. The molecule has 0 aromatic carbocycles. The van der Waals surface area contributed by atoms with Gasteiger partial charge in [-0.2, -0.15) is 0 Å². The summed E-state index contributed by atoms with van der Waals surface area (Å²) in [6.45, 7) is -0.632. The second-order valence-corrected chi connectivity index (χ2v) is 4.48. The molecule has 0 amide bonds. The Morgan fingerprint density at radius 1 is 1.67 bits per heavy atom. The number of hydrogen-bond acceptors (Lipinski definition) is 4. The summed E-state index contributed by atoms with van der Waals surface area (Å²) >= 11 is 4.36. The van der Waals surface area contributed by atoms with Gasteiger partial charge in [0.2, 0.25) is 5.78 Å². The van der Waals surface area contributed by atoms with Crippen molar-refractivity contribution in [3.8, 4) is 0 Å². The van der Waals surface area contributed by atoms with E-state index in [2.05, 4.69) is 15.9 Å². The predicted molar refractivity (Wildman–Crippen MR) is 48.2 cm³/mol. The molecule has 0 fully saturated rings. The van der Waals surface area contributed by atoms with Crippen molar-refractivity contribution in [3.05, 3.63) is 30.9 Å². The molecule has 0 atom stereocenters. The Kier molecular flexibility index (Phi) is 2.93. The highest BCUT2D eigenvalue weighted by atomic mass is 79.9. The minimum Gasteiger partial charge on any atom is -0.286 e. The Labute approximate surface area is 80.5 Å². The molecule has 4 nitrogen and oxygen atoms in total. The first kappa shape index (κ1) is 9.34. The van der Waals surface area contributed by atoms with Gasteiger partial charge in [-0.3, -0.25) is 14.9 Å². The van der Waals surface area contributed by atoms with Gasteiger partial charge in [0, 0.05) is 4.92 Å². The maximum Gasteiger partial charge on any atom is 0.266 e. The molecule has 0 unspecified atom stereocenters. The first-order valence-corrected chi connectivity index (χ1v) is 4.61. The highest BCUT2D eigenvalue weighted by Gasteiger charge is 2.13. The van der Waals surface area contributed by atoms with Gasteiger partial charge in [-0.05, 0) is 28.1 Å². The van der Waals surface area contributed by atoms with Gasteiger partial charge in [0.15, 0.2) is 0 Å². The van der Waals surface area contributed by atoms with E-state index in [1.54, 1.807) is 12.1 Å². The average molecular weight is 250 g/mol. The summed E-state index contributed by atoms with van der Waals surface area (Å²) in [5.74, 6) is -0.448. The van der Waals surface area contributed by atoms with Crippen LogP contribution in [0.4, 0.5) is 0 Å². The van der Waals surface area contributed by atoms with Crippen LogP contribution in [-0.4, -0.2) is 17.3 Å². The van der Waals surface area contributed by atoms with Crippen LogP contribution < -0.4 is 0 Å². The second kappa shape index (κ2) is 3.77. The van der Waals surface area contributed by atoms with E-state index in [0.717, 1.165) is 3.79 Å². The molecule has 0 saturated carbocycles. The summed E-state index contributed by atoms with van der Waals surface area (Å²) in [6, 6.07) is 3.26. The number of hydrogen-bond donors (Lipinski definition) is 0. The molecular weight excluding hydrogens is 246 g/mol. The number of ketones is 1. The SMILES string of the molecule is O=C(C[N+](=O)[O-])c1ccc(Br)s1. The van der Waals surface area contributed by atoms with Crippen molar-refractivity contribution >= 4 is 33.0 Å². The number of Topliss-reactive ketones (excluding diaryl/α,β-unsaturated/α-hetero) is 1. The Balaban J connectivity index is 2.72. The lowest BCUT2D eigenvalue weighted by Gasteiger charge is -1.88. The first-order chi connectivity index (χ1) is 5.59. The van der Waals surface area contributed by atoms with E-state index in [1.807, 2.05) is 0 Å². The zero-order valence-electron chi connectivity index (χ0n) is 5.82. The summed E-state index contributed by atoms with van der Waals surface area (Å²) in [5.41, 5.74) is 0. The molecule has 0 N–H and O–H groups in total. The van der Waals surface area contributed by atoms with Crippen LogP contribution in [0.1, 0.15) is 9.67 Å². The van der Waals surface area contributed by atoms with Gasteiger partial charge in [0.05, 0.1) is 8.66 Å². The maximum atomic E-state index is 11.0. The van der Waals surface area contributed by atoms with Crippen LogP contribution in [0, 0.1) is 10.1 Å². The van der Waals surface area contributed by atoms with E-state index in [1.165, 1.54) is 11.3 Å². The van der Waals surface area contributed by atoms with E-state index >= 15 is 0 Å². The van der Waals surface area contributed by atoms with Crippen molar-refractivity contribution in [2.75, 3.05) is 6.54 Å². The third-order valence-corrected chi connectivity index (χ3v) is 2.79. The molecule has 12 heavy (non-hydrogen) atoms. The van der Waals surface area contributed by atoms with Gasteiger partial charge in [-0.1, -0.05) is 0 Å². The summed E-state index contributed by atoms with van der Waals surface area (Å²) in [6.07, 6.45) is 0. The molecule has 64 valence electrons. The molecule has 0 bridgehead atoms. The van der Waals surface area contributed by atoms with E-state index in [4.69, 9.17) is 0 Å². The summed E-state index contributed by atoms with van der Waals surface area (Å²) in [5, 5.41) is 9.97. The molecule has 0 radical (unpaired) electrons. The van der Waals surface area contributed by atoms with E-state index in [9.17, 15) is 14.9 Å². The molecule has 0 aliphatic carbocycles. The van der Waals surface area contributed by atoms with Crippen molar-refractivity contribution in [2.24, 2.45) is 0 Å². The van der Waals surface area contributed by atoms with Crippen LogP contribution in [0.2, 0.25) is 0 Å². The van der Waals surface area contributed by atoms with Crippen molar-refractivity contribution in [2.45, 2.75) is 0 Å². The zero-order chi connectivity index (χ0) is 9.14. The lowest BCUT2D eigenvalue weighted by molar-refractivity contribution is -0.465. The molecule has 1 aromatic rings. The monoisotopic (exact) mass is 249 g/mol. The molecule has 1 aromatic heterocycles. The van der Waals surface area contributed by atoms with Crippen LogP contribution in [0.25, 0.3) is 0 Å². The third kappa shape index (κ3) is 2.38. The fourth-order valence-electron chi connectivity index (χ4n) is 0.659. The summed E-state index contributed by atoms with van der Waals surface area (Å²) in [4.78, 5) is 20.8. The van der Waals surface area contributed by atoms with Crippen molar-refractivity contribution in [1.82, 2.24) is 0 Å². The summed E-state index contributed by atoms with van der Waals surface area (Å²) in [7, 11) is 0. The highest BCUT2D eigenvalue weighted by molar-refractivity contribution is 9.11. The zero-order valence-corrected chi connectivity index (χ0v) is 8.22. The van der Waals surface area contributed by atoms with Crippen LogP contribution in [0.5, 0.6) is 0 Å². The predicted octanol–water partition coefficient (Wildman–Crippen LogP) is 1.97. The van der Waals surface area contributed by atoms with E-state index in [-0.39, 0.29) is 0 Å². The Bertz CT molecular complexity index is 322. The highest BCUT2D eigenvalue weighted by Crippen LogP contribution is 2.22. The fraction of sp³-hybridized carbons (Fsp3) is 0.167. The number of halogens is 1. The second-order valence-electron chi connectivity index (χ2n) is 2.02. The molecule has 1 rings (SSSR count). The van der Waals surface area contributed by atoms with Crippen molar-refractivity contribution < 1.29 is 9.72 Å². The van der Waals surface area contributed by atoms with Gasteiger partial charge < -0.3 is 0 Å². The lowest BCUT2D eigenvalue weighted by Crippen LogP contribution is -2.12. The topological polar surface area (TPSA) is 60.2 Å². The summed E-state index contributed by atoms with van der Waals surface area (Å²) < 4.78 is 0.800. The number of carbonyl (C=O) groups is 1. The quantitative estimate of drug-likeness (QED) is 0.468. The van der Waals surface area contributed by atoms with Gasteiger partial charge in [-0.25, -0.2) is 0 Å². The number of nitrogens with zero attached hydrogens (tertiary/aromatic N) is 1. The number of thiophene rings is 1. The lowest BCUT2D eigenvalue weighted by atomic mass is 10.3. The first-order valence-electron chi connectivity index (χ1n) is 3.00. The normalized spacial score (nSPS) is 9.75. The van der Waals surface area contributed by atoms with E-state index < -0.39 is 17.3 Å². The Morgan fingerprint density at radius 3 is 2.75 bits per heavy atom. The minimum absolute atomic E-state index is 0.415. The van der Waals surface area contributed by atoms with Crippen LogP contribution >= 0.6 is 27.3 Å².